The van der Waals surface area contributed by atoms with Crippen LogP contribution in [-0.4, -0.2) is 23.9 Å². The smallest absolute Gasteiger partial charge is 0.261 e. The number of carbonyl (C=O) groups is 1. The van der Waals surface area contributed by atoms with Gasteiger partial charge in [-0.3, -0.25) is 14.5 Å². The summed E-state index contributed by atoms with van der Waals surface area (Å²) in [6.07, 6.45) is 3.44. The first-order valence-corrected chi connectivity index (χ1v) is 12.2. The van der Waals surface area contributed by atoms with Crippen LogP contribution < -0.4 is 10.0 Å². The summed E-state index contributed by atoms with van der Waals surface area (Å²) < 4.78 is 30.1. The van der Waals surface area contributed by atoms with Gasteiger partial charge in [0.15, 0.2) is 0 Å². The summed E-state index contributed by atoms with van der Waals surface area (Å²) in [6, 6.07) is 17.1. The maximum absolute atomic E-state index is 12.9. The van der Waals surface area contributed by atoms with E-state index in [2.05, 4.69) is 15.0 Å². The second kappa shape index (κ2) is 9.15. The fraction of sp³-hybridized carbons (Fsp3) is 0.154. The third-order valence-corrected chi connectivity index (χ3v) is 7.16. The number of carbonyl (C=O) groups excluding carboxylic acids is 1. The van der Waals surface area contributed by atoms with E-state index in [0.717, 1.165) is 28.2 Å². The van der Waals surface area contributed by atoms with Crippen LogP contribution in [0.1, 0.15) is 32.9 Å². The summed E-state index contributed by atoms with van der Waals surface area (Å²) >= 11 is 0. The van der Waals surface area contributed by atoms with Gasteiger partial charge in [0.1, 0.15) is 0 Å². The van der Waals surface area contributed by atoms with E-state index in [4.69, 9.17) is 0 Å². The third kappa shape index (κ3) is 4.72. The van der Waals surface area contributed by atoms with Crippen molar-refractivity contribution in [3.63, 3.8) is 0 Å². The number of amides is 1. The summed E-state index contributed by atoms with van der Waals surface area (Å²) in [5, 5.41) is 2.85. The molecule has 0 saturated heterocycles. The lowest BCUT2D eigenvalue weighted by atomic mass is 10.1. The van der Waals surface area contributed by atoms with Gasteiger partial charge in [0.2, 0.25) is 0 Å². The number of anilines is 2. The van der Waals surface area contributed by atoms with E-state index in [9.17, 15) is 13.2 Å². The SMILES string of the molecule is Cc1ccc(NS(=O)(=O)c2ccc(NC(=O)c3cc(C)n(-c4cccnc4)c3C)cc2)cc1C. The molecule has 0 aliphatic rings. The van der Waals surface area contributed by atoms with E-state index in [1.54, 1.807) is 36.7 Å². The van der Waals surface area contributed by atoms with Crippen molar-refractivity contribution in [2.24, 2.45) is 0 Å². The molecule has 8 heteroatoms. The molecule has 4 aromatic rings. The predicted octanol–water partition coefficient (Wildman–Crippen LogP) is 5.16. The highest BCUT2D eigenvalue weighted by molar-refractivity contribution is 7.92. The fourth-order valence-corrected chi connectivity index (χ4v) is 4.86. The van der Waals surface area contributed by atoms with Gasteiger partial charge in [-0.05, 0) is 93.4 Å². The van der Waals surface area contributed by atoms with Crippen LogP contribution >= 0.6 is 0 Å². The minimum Gasteiger partial charge on any atom is -0.322 e. The summed E-state index contributed by atoms with van der Waals surface area (Å²) in [5.41, 5.74) is 6.21. The number of pyridine rings is 1. The molecule has 7 nitrogen and oxygen atoms in total. The summed E-state index contributed by atoms with van der Waals surface area (Å²) in [5.74, 6) is -0.271. The molecule has 2 heterocycles. The van der Waals surface area contributed by atoms with Gasteiger partial charge in [0, 0.05) is 29.0 Å². The number of benzene rings is 2. The normalized spacial score (nSPS) is 11.3. The standard InChI is InChI=1S/C26H26N4O3S/c1-17-7-8-22(14-18(17)2)29-34(32,33)24-11-9-21(10-12-24)28-26(31)25-15-19(3)30(20(25)4)23-6-5-13-27-16-23/h5-16,29H,1-4H3,(H,28,31). The molecule has 2 N–H and O–H groups in total. The monoisotopic (exact) mass is 474 g/mol. The van der Waals surface area contributed by atoms with Crippen molar-refractivity contribution in [2.45, 2.75) is 32.6 Å². The van der Waals surface area contributed by atoms with E-state index < -0.39 is 10.0 Å². The topological polar surface area (TPSA) is 93.1 Å². The summed E-state index contributed by atoms with van der Waals surface area (Å²) in [6.45, 7) is 7.71. The van der Waals surface area contributed by atoms with Gasteiger partial charge in [-0.1, -0.05) is 6.07 Å². The zero-order chi connectivity index (χ0) is 24.5. The van der Waals surface area contributed by atoms with Gasteiger partial charge in [0.25, 0.3) is 15.9 Å². The van der Waals surface area contributed by atoms with E-state index in [1.165, 1.54) is 12.1 Å². The third-order valence-electron chi connectivity index (χ3n) is 5.76. The molecular weight excluding hydrogens is 448 g/mol. The van der Waals surface area contributed by atoms with Crippen LogP contribution in [0.4, 0.5) is 11.4 Å². The van der Waals surface area contributed by atoms with E-state index >= 15 is 0 Å². The molecule has 0 bridgehead atoms. The van der Waals surface area contributed by atoms with Crippen LogP contribution in [0.25, 0.3) is 5.69 Å². The molecule has 0 aliphatic heterocycles. The highest BCUT2D eigenvalue weighted by Crippen LogP contribution is 2.23. The van der Waals surface area contributed by atoms with Crippen molar-refractivity contribution in [2.75, 3.05) is 10.0 Å². The Morgan fingerprint density at radius 2 is 1.59 bits per heavy atom. The molecule has 34 heavy (non-hydrogen) atoms. The second-order valence-corrected chi connectivity index (χ2v) is 9.90. The number of sulfonamides is 1. The average Bonchev–Trinajstić information content (AvgIpc) is 3.11. The van der Waals surface area contributed by atoms with Gasteiger partial charge in [-0.15, -0.1) is 0 Å². The predicted molar refractivity (Wildman–Crippen MR) is 134 cm³/mol. The minimum atomic E-state index is -3.75. The van der Waals surface area contributed by atoms with Crippen LogP contribution in [0.2, 0.25) is 0 Å². The number of rotatable bonds is 6. The number of nitrogens with one attached hydrogen (secondary N) is 2. The Morgan fingerprint density at radius 1 is 0.882 bits per heavy atom. The lowest BCUT2D eigenvalue weighted by Gasteiger charge is -2.11. The Balaban J connectivity index is 1.51. The molecule has 4 rings (SSSR count). The van der Waals surface area contributed by atoms with Crippen molar-refractivity contribution in [3.8, 4) is 5.69 Å². The molecule has 0 aliphatic carbocycles. The van der Waals surface area contributed by atoms with Crippen LogP contribution in [0.5, 0.6) is 0 Å². The maximum Gasteiger partial charge on any atom is 0.261 e. The van der Waals surface area contributed by atoms with Gasteiger partial charge >= 0.3 is 0 Å². The maximum atomic E-state index is 12.9. The van der Waals surface area contributed by atoms with Gasteiger partial charge in [0.05, 0.1) is 22.3 Å². The van der Waals surface area contributed by atoms with E-state index in [1.807, 2.05) is 56.5 Å². The molecule has 174 valence electrons. The van der Waals surface area contributed by atoms with Crippen molar-refractivity contribution in [1.82, 2.24) is 9.55 Å². The zero-order valence-corrected chi connectivity index (χ0v) is 20.3. The fourth-order valence-electron chi connectivity index (χ4n) is 3.81. The summed E-state index contributed by atoms with van der Waals surface area (Å²) in [7, 11) is -3.75. The highest BCUT2D eigenvalue weighted by Gasteiger charge is 2.18. The van der Waals surface area contributed by atoms with Crippen LogP contribution in [0, 0.1) is 27.7 Å². The highest BCUT2D eigenvalue weighted by atomic mass is 32.2. The van der Waals surface area contributed by atoms with Crippen molar-refractivity contribution in [1.29, 1.82) is 0 Å². The molecule has 1 amide bonds. The number of nitrogens with zero attached hydrogens (tertiary/aromatic N) is 2. The minimum absolute atomic E-state index is 0.110. The van der Waals surface area contributed by atoms with Crippen molar-refractivity contribution < 1.29 is 13.2 Å². The molecule has 0 fully saturated rings. The molecule has 2 aromatic carbocycles. The van der Waals surface area contributed by atoms with Gasteiger partial charge in [-0.2, -0.15) is 0 Å². The molecule has 0 unspecified atom stereocenters. The number of hydrogen-bond donors (Lipinski definition) is 2. The molecule has 0 radical (unpaired) electrons. The largest absolute Gasteiger partial charge is 0.322 e. The number of aromatic nitrogens is 2. The first kappa shape index (κ1) is 23.3. The van der Waals surface area contributed by atoms with Crippen molar-refractivity contribution >= 4 is 27.3 Å². The molecule has 2 aromatic heterocycles. The second-order valence-electron chi connectivity index (χ2n) is 8.21. The lowest BCUT2D eigenvalue weighted by molar-refractivity contribution is 0.102. The quantitative estimate of drug-likeness (QED) is 0.404. The lowest BCUT2D eigenvalue weighted by Crippen LogP contribution is -2.15. The van der Waals surface area contributed by atoms with Gasteiger partial charge in [-0.25, -0.2) is 8.42 Å². The molecule has 0 spiro atoms. The Labute approximate surface area is 199 Å². The summed E-state index contributed by atoms with van der Waals surface area (Å²) in [4.78, 5) is 17.2. The molecule has 0 saturated carbocycles. The van der Waals surface area contributed by atoms with Crippen LogP contribution in [0.15, 0.2) is 78.0 Å². The zero-order valence-electron chi connectivity index (χ0n) is 19.5. The Morgan fingerprint density at radius 3 is 2.24 bits per heavy atom. The Hall–Kier alpha value is -3.91. The number of hydrogen-bond acceptors (Lipinski definition) is 4. The average molecular weight is 475 g/mol. The molecular formula is C26H26N4O3S. The van der Waals surface area contributed by atoms with Crippen LogP contribution in [-0.2, 0) is 10.0 Å². The van der Waals surface area contributed by atoms with Crippen LogP contribution in [0.3, 0.4) is 0 Å². The Kier molecular flexibility index (Phi) is 6.26. The first-order chi connectivity index (χ1) is 16.2. The Bertz CT molecular complexity index is 1460. The first-order valence-electron chi connectivity index (χ1n) is 10.8. The van der Waals surface area contributed by atoms with Gasteiger partial charge < -0.3 is 9.88 Å². The van der Waals surface area contributed by atoms with E-state index in [0.29, 0.717) is 16.9 Å². The van der Waals surface area contributed by atoms with E-state index in [-0.39, 0.29) is 10.8 Å². The van der Waals surface area contributed by atoms with Crippen molar-refractivity contribution in [3.05, 3.63) is 101 Å². The number of aryl methyl sites for hydroxylation is 3. The molecule has 0 atom stereocenters.